The predicted molar refractivity (Wildman–Crippen MR) is 89.6 cm³/mol. The summed E-state index contributed by atoms with van der Waals surface area (Å²) in [4.78, 5) is 24.3. The van der Waals surface area contributed by atoms with Gasteiger partial charge in [-0.2, -0.15) is 0 Å². The van der Waals surface area contributed by atoms with E-state index in [0.717, 1.165) is 0 Å². The fourth-order valence-corrected chi connectivity index (χ4v) is 2.12. The molecule has 0 aliphatic carbocycles. The van der Waals surface area contributed by atoms with Crippen molar-refractivity contribution in [2.75, 3.05) is 12.4 Å². The molecule has 0 aliphatic heterocycles. The highest BCUT2D eigenvalue weighted by Crippen LogP contribution is 2.17. The van der Waals surface area contributed by atoms with Gasteiger partial charge in [-0.3, -0.25) is 9.59 Å². The van der Waals surface area contributed by atoms with E-state index in [1.54, 1.807) is 43.4 Å². The van der Waals surface area contributed by atoms with Gasteiger partial charge >= 0.3 is 0 Å². The van der Waals surface area contributed by atoms with Crippen molar-refractivity contribution in [3.63, 3.8) is 0 Å². The first-order valence-electron chi connectivity index (χ1n) is 7.49. The number of rotatable bonds is 6. The first kappa shape index (κ1) is 16.5. The molecule has 0 heterocycles. The monoisotopic (exact) mass is 312 g/mol. The molecule has 5 heteroatoms. The van der Waals surface area contributed by atoms with Crippen LogP contribution in [0.5, 0.6) is 5.75 Å². The van der Waals surface area contributed by atoms with Crippen LogP contribution in [0.1, 0.15) is 23.7 Å². The van der Waals surface area contributed by atoms with Crippen LogP contribution in [0.15, 0.2) is 54.6 Å². The number of para-hydroxylation sites is 2. The van der Waals surface area contributed by atoms with E-state index in [1.165, 1.54) is 0 Å². The second kappa shape index (κ2) is 7.98. The maximum Gasteiger partial charge on any atom is 0.265 e. The van der Waals surface area contributed by atoms with Gasteiger partial charge in [-0.25, -0.2) is 0 Å². The molecule has 0 aliphatic rings. The highest BCUT2D eigenvalue weighted by Gasteiger charge is 2.20. The lowest BCUT2D eigenvalue weighted by atomic mass is 10.1. The topological polar surface area (TPSA) is 67.4 Å². The molecule has 0 saturated carbocycles. The lowest BCUT2D eigenvalue weighted by Gasteiger charge is -2.18. The number of amides is 2. The summed E-state index contributed by atoms with van der Waals surface area (Å²) in [5, 5.41) is 5.33. The van der Waals surface area contributed by atoms with Crippen molar-refractivity contribution < 1.29 is 14.3 Å². The van der Waals surface area contributed by atoms with Crippen LogP contribution in [0.25, 0.3) is 0 Å². The molecule has 2 aromatic rings. The summed E-state index contributed by atoms with van der Waals surface area (Å²) < 4.78 is 5.71. The summed E-state index contributed by atoms with van der Waals surface area (Å²) in [5.41, 5.74) is 0.880. The number of carbonyl (C=O) groups is 2. The van der Waals surface area contributed by atoms with Gasteiger partial charge in [-0.15, -0.1) is 0 Å². The van der Waals surface area contributed by atoms with E-state index in [-0.39, 0.29) is 11.8 Å². The zero-order chi connectivity index (χ0) is 16.7. The number of nitrogens with one attached hydrogen (secondary N) is 2. The Labute approximate surface area is 135 Å². The normalized spacial score (nSPS) is 11.4. The maximum atomic E-state index is 12.4. The van der Waals surface area contributed by atoms with E-state index in [4.69, 9.17) is 4.74 Å². The maximum absolute atomic E-state index is 12.4. The molecule has 2 rings (SSSR count). The number of anilines is 1. The third-order valence-corrected chi connectivity index (χ3v) is 3.34. The Morgan fingerprint density at radius 3 is 2.35 bits per heavy atom. The minimum Gasteiger partial charge on any atom is -0.481 e. The van der Waals surface area contributed by atoms with Gasteiger partial charge in [0.2, 0.25) is 0 Å². The van der Waals surface area contributed by atoms with E-state index in [2.05, 4.69) is 10.6 Å². The first-order valence-corrected chi connectivity index (χ1v) is 7.49. The second-order valence-electron chi connectivity index (χ2n) is 4.94. The Bertz CT molecular complexity index is 671. The molecular formula is C18H20N2O3. The molecule has 0 unspecified atom stereocenters. The summed E-state index contributed by atoms with van der Waals surface area (Å²) in [6.07, 6.45) is -0.113. The van der Waals surface area contributed by atoms with Crippen molar-refractivity contribution in [1.82, 2.24) is 5.32 Å². The summed E-state index contributed by atoms with van der Waals surface area (Å²) in [7, 11) is 1.55. The van der Waals surface area contributed by atoms with Gasteiger partial charge in [0.1, 0.15) is 5.75 Å². The summed E-state index contributed by atoms with van der Waals surface area (Å²) >= 11 is 0. The van der Waals surface area contributed by atoms with E-state index < -0.39 is 6.10 Å². The smallest absolute Gasteiger partial charge is 0.265 e. The van der Waals surface area contributed by atoms with Crippen LogP contribution in [-0.2, 0) is 4.79 Å². The number of carbonyl (C=O) groups excluding carboxylic acids is 2. The van der Waals surface area contributed by atoms with Crippen LogP contribution in [0.2, 0.25) is 0 Å². The van der Waals surface area contributed by atoms with Gasteiger partial charge < -0.3 is 15.4 Å². The zero-order valence-corrected chi connectivity index (χ0v) is 13.2. The number of hydrogen-bond donors (Lipinski definition) is 2. The van der Waals surface area contributed by atoms with Crippen LogP contribution in [0.4, 0.5) is 5.69 Å². The van der Waals surface area contributed by atoms with Crippen LogP contribution in [0, 0.1) is 0 Å². The van der Waals surface area contributed by atoms with E-state index in [9.17, 15) is 9.59 Å². The van der Waals surface area contributed by atoms with Crippen LogP contribution >= 0.6 is 0 Å². The van der Waals surface area contributed by atoms with Gasteiger partial charge in [-0.05, 0) is 30.7 Å². The average Bonchev–Trinajstić information content (AvgIpc) is 2.60. The van der Waals surface area contributed by atoms with Crippen molar-refractivity contribution in [2.24, 2.45) is 0 Å². The third kappa shape index (κ3) is 4.32. The summed E-state index contributed by atoms with van der Waals surface area (Å²) in [6.45, 7) is 1.87. The molecule has 2 amide bonds. The molecular weight excluding hydrogens is 292 g/mol. The van der Waals surface area contributed by atoms with Crippen LogP contribution in [0.3, 0.4) is 0 Å². The number of hydrogen-bond acceptors (Lipinski definition) is 3. The quantitative estimate of drug-likeness (QED) is 0.862. The van der Waals surface area contributed by atoms with Gasteiger partial charge in [-0.1, -0.05) is 37.3 Å². The average molecular weight is 312 g/mol. The predicted octanol–water partition coefficient (Wildman–Crippen LogP) is 2.84. The van der Waals surface area contributed by atoms with E-state index in [0.29, 0.717) is 23.4 Å². The highest BCUT2D eigenvalue weighted by molar-refractivity contribution is 6.04. The molecule has 120 valence electrons. The number of benzene rings is 2. The largest absolute Gasteiger partial charge is 0.481 e. The van der Waals surface area contributed by atoms with Crippen molar-refractivity contribution in [3.05, 3.63) is 60.2 Å². The molecule has 0 fully saturated rings. The van der Waals surface area contributed by atoms with Crippen molar-refractivity contribution >= 4 is 17.5 Å². The molecule has 0 aromatic heterocycles. The molecule has 0 spiro atoms. The fourth-order valence-electron chi connectivity index (χ4n) is 2.12. The molecule has 23 heavy (non-hydrogen) atoms. The summed E-state index contributed by atoms with van der Waals surface area (Å²) in [6, 6.07) is 16.0. The molecule has 0 radical (unpaired) electrons. The minimum absolute atomic E-state index is 0.252. The lowest BCUT2D eigenvalue weighted by Crippen LogP contribution is -2.33. The molecule has 0 saturated heterocycles. The van der Waals surface area contributed by atoms with Crippen LogP contribution in [-0.4, -0.2) is 25.0 Å². The lowest BCUT2D eigenvalue weighted by molar-refractivity contribution is -0.122. The van der Waals surface area contributed by atoms with Gasteiger partial charge in [0.05, 0.1) is 11.3 Å². The third-order valence-electron chi connectivity index (χ3n) is 3.34. The number of ether oxygens (including phenoxy) is 1. The Kier molecular flexibility index (Phi) is 5.74. The van der Waals surface area contributed by atoms with E-state index >= 15 is 0 Å². The SMILES string of the molecule is CC[C@H](Oc1ccccc1)C(=O)Nc1ccccc1C(=O)NC. The Morgan fingerprint density at radius 2 is 1.70 bits per heavy atom. The van der Waals surface area contributed by atoms with Crippen molar-refractivity contribution in [2.45, 2.75) is 19.4 Å². The van der Waals surface area contributed by atoms with Crippen LogP contribution < -0.4 is 15.4 Å². The van der Waals surface area contributed by atoms with Crippen molar-refractivity contribution in [1.29, 1.82) is 0 Å². The molecule has 5 nitrogen and oxygen atoms in total. The van der Waals surface area contributed by atoms with Gasteiger partial charge in [0, 0.05) is 7.05 Å². The standard InChI is InChI=1S/C18H20N2O3/c1-3-16(23-13-9-5-4-6-10-13)18(22)20-15-12-8-7-11-14(15)17(21)19-2/h4-12,16H,3H2,1-2H3,(H,19,21)(H,20,22)/t16-/m0/s1. The molecule has 2 aromatic carbocycles. The molecule has 1 atom stereocenters. The first-order chi connectivity index (χ1) is 11.2. The van der Waals surface area contributed by atoms with E-state index in [1.807, 2.05) is 25.1 Å². The highest BCUT2D eigenvalue weighted by atomic mass is 16.5. The Hall–Kier alpha value is -2.82. The molecule has 0 bridgehead atoms. The zero-order valence-electron chi connectivity index (χ0n) is 13.2. The Balaban J connectivity index is 2.12. The van der Waals surface area contributed by atoms with Crippen molar-refractivity contribution in [3.8, 4) is 5.75 Å². The van der Waals surface area contributed by atoms with Gasteiger partial charge in [0.25, 0.3) is 11.8 Å². The molecule has 2 N–H and O–H groups in total. The second-order valence-corrected chi connectivity index (χ2v) is 4.94. The summed E-state index contributed by atoms with van der Waals surface area (Å²) in [5.74, 6) is 0.0970. The minimum atomic E-state index is -0.629. The van der Waals surface area contributed by atoms with Gasteiger partial charge in [0.15, 0.2) is 6.10 Å². The fraction of sp³-hybridized carbons (Fsp3) is 0.222. The Morgan fingerprint density at radius 1 is 1.04 bits per heavy atom.